The van der Waals surface area contributed by atoms with E-state index in [9.17, 15) is 51.5 Å². The highest BCUT2D eigenvalue weighted by atomic mass is 32.1. The molecule has 6 aliphatic heterocycles. The smallest absolute Gasteiger partial charge is 0.410 e. The highest BCUT2D eigenvalue weighted by Gasteiger charge is 2.41. The summed E-state index contributed by atoms with van der Waals surface area (Å²) in [6, 6.07) is 19.4. The zero-order chi connectivity index (χ0) is 82.1. The Morgan fingerprint density at radius 2 is 0.860 bits per heavy atom. The van der Waals surface area contributed by atoms with E-state index in [-0.39, 0.29) is 89.0 Å². The van der Waals surface area contributed by atoms with Crippen LogP contribution in [0.3, 0.4) is 0 Å². The summed E-state index contributed by atoms with van der Waals surface area (Å²) in [5.74, 6) is 1.48. The Kier molecular flexibility index (Phi) is 31.5. The molecule has 0 radical (unpaired) electrons. The first-order valence-corrected chi connectivity index (χ1v) is 42.7. The first-order chi connectivity index (χ1) is 54.1. The molecule has 9 atom stereocenters. The number of carbonyl (C=O) groups excluding carboxylic acids is 8. The van der Waals surface area contributed by atoms with Crippen LogP contribution in [0.2, 0.25) is 0 Å². The second kappa shape index (κ2) is 40.7. The average Bonchev–Trinajstić information content (AvgIpc) is 1.51. The van der Waals surface area contributed by atoms with Crippen molar-refractivity contribution in [2.24, 2.45) is 41.4 Å². The van der Waals surface area contributed by atoms with Crippen molar-refractivity contribution in [1.82, 2.24) is 55.4 Å². The molecule has 0 aliphatic carbocycles. The van der Waals surface area contributed by atoms with Gasteiger partial charge in [0.1, 0.15) is 39.4 Å². The Labute approximate surface area is 681 Å². The van der Waals surface area contributed by atoms with E-state index in [1.54, 1.807) is 30.6 Å². The zero-order valence-electron chi connectivity index (χ0n) is 68.2. The molecular weight excluding hydrogens is 1520 g/mol. The van der Waals surface area contributed by atoms with E-state index in [0.717, 1.165) is 152 Å². The molecule has 6 fully saturated rings. The molecular formula is C85H116F3N13O10S3. The van der Waals surface area contributed by atoms with Crippen LogP contribution in [0.4, 0.5) is 42.6 Å². The Balaban J connectivity index is 0.000000182. The number of aromatic nitrogens is 3. The van der Waals surface area contributed by atoms with Crippen molar-refractivity contribution in [3.8, 4) is 0 Å². The van der Waals surface area contributed by atoms with Gasteiger partial charge in [-0.05, 0) is 229 Å². The number of nitrogens with one attached hydrogen (secondary N) is 5. The number of likely N-dealkylation sites (tertiary alicyclic amines) is 5. The molecule has 6 aliphatic rings. The molecule has 12 rings (SSSR count). The van der Waals surface area contributed by atoms with Crippen molar-refractivity contribution in [2.75, 3.05) is 109 Å². The maximum atomic E-state index is 13.4. The number of ketones is 4. The van der Waals surface area contributed by atoms with Crippen molar-refractivity contribution < 1.29 is 61.0 Å². The molecule has 0 saturated carbocycles. The van der Waals surface area contributed by atoms with Gasteiger partial charge in [-0.1, -0.05) is 59.1 Å². The van der Waals surface area contributed by atoms with Gasteiger partial charge < -0.3 is 49.9 Å². The van der Waals surface area contributed by atoms with E-state index in [1.807, 2.05) is 77.9 Å². The number of urea groups is 2. The summed E-state index contributed by atoms with van der Waals surface area (Å²) < 4.78 is 51.2. The molecule has 9 heterocycles. The molecule has 620 valence electrons. The quantitative estimate of drug-likeness (QED) is 0.0373. The van der Waals surface area contributed by atoms with Crippen molar-refractivity contribution in [3.63, 3.8) is 0 Å². The number of ether oxygens (including phenoxy) is 2. The monoisotopic (exact) mass is 1630 g/mol. The first-order valence-electron chi connectivity index (χ1n) is 40.3. The number of carbonyl (C=O) groups is 8. The second-order valence-electron chi connectivity index (χ2n) is 34.0. The number of benzene rings is 3. The van der Waals surface area contributed by atoms with Crippen LogP contribution in [0.15, 0.2) is 72.8 Å². The minimum absolute atomic E-state index is 0.00801. The van der Waals surface area contributed by atoms with Gasteiger partial charge in [-0.15, -0.1) is 11.3 Å². The van der Waals surface area contributed by atoms with Gasteiger partial charge in [0.2, 0.25) is 0 Å². The number of Topliss-reactive ketones (excluding diaryl/α,β-unsaturated/α-hetero) is 4. The lowest BCUT2D eigenvalue weighted by atomic mass is 9.80. The van der Waals surface area contributed by atoms with E-state index < -0.39 is 23.3 Å². The molecule has 6 saturated heterocycles. The molecule has 3 aromatic heterocycles. The number of hydrogen-bond acceptors (Lipinski definition) is 20. The standard InChI is InChI=1S/C32H44FN3O4S.C29H40FN5O4S.C24H32FN5O2S/c1-21-30(22(2)37)41-29(34-21)17-28(38)16-26-20-36(31(39)40-32(3,4)5)14-12-25(26)19-35-13-6-7-24(18-35)15-23-8-10-27(33)11-9-23;1-18-25(19(2)36)40-27(31-18)33-26(37)32-24-17-35(28(38)39-29(3,4)5)16-22(24)15-34-12-6-7-21(14-34)13-20-8-10-23(30)11-9-20;1-15-22(16(2)31)33-24(27-15)29-23(32)28-21-12-26-11-19(21)14-30-9-3-4-18(13-30)10-17-5-7-20(25)8-6-17/h8-11,24-26H,6-7,12-20H2,1-5H3;8-11,21-22,24H,6-7,12-17H2,1-5H3,(H2,31,32,33,37);5-8,18-19,21,26H,3-4,9-14H2,1-2H3,(H2,27,28,29,32)/t24-,25-,26+;21-,22-,24+;18-,19-,21+/m000/s1. The highest BCUT2D eigenvalue weighted by Crippen LogP contribution is 2.34. The third-order valence-corrected chi connectivity index (χ3v) is 25.5. The fourth-order valence-electron chi connectivity index (χ4n) is 16.7. The number of thiazole rings is 3. The number of halogens is 3. The van der Waals surface area contributed by atoms with Gasteiger partial charge in [0.05, 0.1) is 44.2 Å². The normalized spacial score (nSPS) is 22.3. The van der Waals surface area contributed by atoms with E-state index in [2.05, 4.69) is 56.2 Å². The summed E-state index contributed by atoms with van der Waals surface area (Å²) in [6.07, 6.45) is 10.3. The summed E-state index contributed by atoms with van der Waals surface area (Å²) in [7, 11) is 0. The van der Waals surface area contributed by atoms with Gasteiger partial charge in [0, 0.05) is 124 Å². The molecule has 6 amide bonds. The molecule has 3 aromatic carbocycles. The predicted octanol–water partition coefficient (Wildman–Crippen LogP) is 14.7. The minimum atomic E-state index is -0.618. The Hall–Kier alpha value is -8.06. The Bertz CT molecular complexity index is 4260. The van der Waals surface area contributed by atoms with E-state index in [0.29, 0.717) is 103 Å². The molecule has 0 spiro atoms. The summed E-state index contributed by atoms with van der Waals surface area (Å²) in [5.41, 5.74) is 4.19. The van der Waals surface area contributed by atoms with Crippen LogP contribution in [0, 0.1) is 79.6 Å². The van der Waals surface area contributed by atoms with Gasteiger partial charge in [-0.2, -0.15) is 0 Å². The topological polar surface area (TPSA) is 270 Å². The average molecular weight is 1630 g/mol. The van der Waals surface area contributed by atoms with Gasteiger partial charge in [-0.3, -0.25) is 29.8 Å². The molecule has 0 unspecified atom stereocenters. The zero-order valence-corrected chi connectivity index (χ0v) is 70.7. The largest absolute Gasteiger partial charge is 0.444 e. The van der Waals surface area contributed by atoms with Crippen LogP contribution in [-0.2, 0) is 40.0 Å². The van der Waals surface area contributed by atoms with E-state index in [1.165, 1.54) is 91.8 Å². The molecule has 6 aromatic rings. The van der Waals surface area contributed by atoms with E-state index >= 15 is 0 Å². The van der Waals surface area contributed by atoms with Crippen molar-refractivity contribution in [3.05, 3.63) is 144 Å². The molecule has 23 nitrogen and oxygen atoms in total. The fraction of sp³-hybridized carbons (Fsp3) is 0.588. The van der Waals surface area contributed by atoms with Crippen molar-refractivity contribution >= 4 is 91.7 Å². The van der Waals surface area contributed by atoms with Crippen LogP contribution in [0.25, 0.3) is 0 Å². The van der Waals surface area contributed by atoms with Crippen molar-refractivity contribution in [2.45, 2.75) is 183 Å². The van der Waals surface area contributed by atoms with Gasteiger partial charge in [0.15, 0.2) is 27.6 Å². The van der Waals surface area contributed by atoms with Crippen LogP contribution >= 0.6 is 34.0 Å². The molecule has 29 heteroatoms. The lowest BCUT2D eigenvalue weighted by Crippen LogP contribution is -2.50. The molecule has 5 N–H and O–H groups in total. The first kappa shape index (κ1) is 88.3. The predicted molar refractivity (Wildman–Crippen MR) is 441 cm³/mol. The number of amides is 6. The van der Waals surface area contributed by atoms with E-state index in [4.69, 9.17) is 9.47 Å². The molecule has 0 bridgehead atoms. The number of anilines is 2. The van der Waals surface area contributed by atoms with Crippen LogP contribution < -0.4 is 26.6 Å². The minimum Gasteiger partial charge on any atom is -0.444 e. The van der Waals surface area contributed by atoms with Gasteiger partial charge >= 0.3 is 24.2 Å². The summed E-state index contributed by atoms with van der Waals surface area (Å²) in [4.78, 5) is 126. The van der Waals surface area contributed by atoms with Crippen LogP contribution in [-0.4, -0.2) is 208 Å². The lowest BCUT2D eigenvalue weighted by molar-refractivity contribution is -0.120. The number of nitrogens with zero attached hydrogens (tertiary/aromatic N) is 8. The van der Waals surface area contributed by atoms with Crippen LogP contribution in [0.1, 0.15) is 181 Å². The SMILES string of the molecule is CC(=O)c1sc(CC(=O)C[C@@H]2CN(C(=O)OC(C)(C)C)CC[C@H]2CN2CCC[C@@H](Cc3ccc(F)cc3)C2)nc1C.CC(=O)c1sc(NC(=O)N[C@@H]2CN(C(=O)OC(C)(C)C)C[C@@H]2CN2CCC[C@@H](Cc3ccc(F)cc3)C2)nc1C.CC(=O)c1sc(NC(=O)N[C@@H]2CNC[C@H]2CN2CCC[C@@H](Cc3ccc(F)cc3)C2)nc1C. The maximum Gasteiger partial charge on any atom is 0.410 e. The maximum absolute atomic E-state index is 13.4. The number of aryl methyl sites for hydroxylation is 3. The Morgan fingerprint density at radius 1 is 0.465 bits per heavy atom. The number of rotatable bonds is 23. The van der Waals surface area contributed by atoms with Gasteiger partial charge in [-0.25, -0.2) is 47.3 Å². The Morgan fingerprint density at radius 3 is 1.28 bits per heavy atom. The summed E-state index contributed by atoms with van der Waals surface area (Å²) >= 11 is 3.66. The van der Waals surface area contributed by atoms with Crippen LogP contribution in [0.5, 0.6) is 0 Å². The second-order valence-corrected chi connectivity index (χ2v) is 37.1. The van der Waals surface area contributed by atoms with Gasteiger partial charge in [0.25, 0.3) is 0 Å². The van der Waals surface area contributed by atoms with Crippen molar-refractivity contribution in [1.29, 1.82) is 0 Å². The summed E-state index contributed by atoms with van der Waals surface area (Å²) in [6.45, 7) is 33.0. The molecule has 114 heavy (non-hydrogen) atoms. The fourth-order valence-corrected chi connectivity index (χ4v) is 19.4. The summed E-state index contributed by atoms with van der Waals surface area (Å²) in [5, 5.41) is 16.6. The lowest BCUT2D eigenvalue weighted by Gasteiger charge is -2.42. The number of piperidine rings is 4. The third kappa shape index (κ3) is 27.3. The third-order valence-electron chi connectivity index (χ3n) is 21.9. The number of hydrogen-bond donors (Lipinski definition) is 5. The highest BCUT2D eigenvalue weighted by molar-refractivity contribution is 7.18.